The Balaban J connectivity index is 0.00000243. The summed E-state index contributed by atoms with van der Waals surface area (Å²) in [7, 11) is 0. The van der Waals surface area contributed by atoms with Gasteiger partial charge >= 0.3 is 35.5 Å². The van der Waals surface area contributed by atoms with E-state index in [4.69, 9.17) is 9.57 Å². The van der Waals surface area contributed by atoms with Gasteiger partial charge in [-0.3, -0.25) is 19.2 Å². The standard InChI is InChI=1S/C16H16N2O7.Na/c19-12(8-10-4-2-1-3-5-10)17-11-9-24-18(14(11)21)16(15(22)23)7-6-13(20)25-16;/h1-5,11H,6-9H2,(H,17,19)(H,22,23);/q;+1/p-1/t11-,16?;/m1./s1. The van der Waals surface area contributed by atoms with Crippen molar-refractivity contribution < 1.29 is 63.4 Å². The van der Waals surface area contributed by atoms with Crippen LogP contribution in [0.2, 0.25) is 0 Å². The first kappa shape index (κ1) is 20.4. The van der Waals surface area contributed by atoms with Crippen LogP contribution in [0.1, 0.15) is 18.4 Å². The number of carboxylic acid groups (broad SMARTS) is 1. The molecule has 9 nitrogen and oxygen atoms in total. The van der Waals surface area contributed by atoms with Crippen LogP contribution in [-0.2, 0) is 35.2 Å². The Hall–Kier alpha value is -1.94. The van der Waals surface area contributed by atoms with Gasteiger partial charge in [-0.2, -0.15) is 5.06 Å². The van der Waals surface area contributed by atoms with Crippen molar-refractivity contribution in [2.75, 3.05) is 6.61 Å². The smallest absolute Gasteiger partial charge is 0.544 e. The third-order valence-corrected chi connectivity index (χ3v) is 4.01. The molecule has 1 aromatic carbocycles. The first-order valence-corrected chi connectivity index (χ1v) is 7.66. The van der Waals surface area contributed by atoms with Gasteiger partial charge in [0.15, 0.2) is 0 Å². The number of amides is 2. The van der Waals surface area contributed by atoms with E-state index in [-0.39, 0.29) is 55.4 Å². The zero-order chi connectivity index (χ0) is 18.0. The number of hydroxylamine groups is 2. The molecule has 2 atom stereocenters. The Labute approximate surface area is 170 Å². The molecule has 1 unspecified atom stereocenters. The maximum absolute atomic E-state index is 12.4. The summed E-state index contributed by atoms with van der Waals surface area (Å²) in [6, 6.07) is 7.85. The second-order valence-corrected chi connectivity index (χ2v) is 5.76. The van der Waals surface area contributed by atoms with Gasteiger partial charge < -0.3 is 20.0 Å². The maximum atomic E-state index is 12.4. The summed E-state index contributed by atoms with van der Waals surface area (Å²) < 4.78 is 4.78. The van der Waals surface area contributed by atoms with E-state index in [9.17, 15) is 24.3 Å². The van der Waals surface area contributed by atoms with Crippen molar-refractivity contribution in [1.29, 1.82) is 0 Å². The van der Waals surface area contributed by atoms with Crippen LogP contribution in [0.15, 0.2) is 30.3 Å². The van der Waals surface area contributed by atoms with Gasteiger partial charge in [-0.25, -0.2) is 0 Å². The predicted molar refractivity (Wildman–Crippen MR) is 77.9 cm³/mol. The Kier molecular flexibility index (Phi) is 6.40. The Morgan fingerprint density at radius 1 is 1.27 bits per heavy atom. The molecule has 1 aromatic rings. The molecule has 1 N–H and O–H groups in total. The molecule has 0 saturated carbocycles. The van der Waals surface area contributed by atoms with E-state index in [1.807, 2.05) is 6.07 Å². The van der Waals surface area contributed by atoms with Crippen LogP contribution in [0, 0.1) is 0 Å². The van der Waals surface area contributed by atoms with Gasteiger partial charge in [-0.15, -0.1) is 0 Å². The summed E-state index contributed by atoms with van der Waals surface area (Å²) in [5.41, 5.74) is -1.52. The van der Waals surface area contributed by atoms with Crippen LogP contribution in [0.5, 0.6) is 0 Å². The Morgan fingerprint density at radius 2 is 1.96 bits per heavy atom. The molecule has 2 aliphatic rings. The minimum absolute atomic E-state index is 0. The van der Waals surface area contributed by atoms with E-state index in [1.54, 1.807) is 24.3 Å². The number of esters is 1. The van der Waals surface area contributed by atoms with E-state index in [1.165, 1.54) is 0 Å². The summed E-state index contributed by atoms with van der Waals surface area (Å²) in [6.45, 7) is -0.258. The van der Waals surface area contributed by atoms with Gasteiger partial charge in [0.05, 0.1) is 12.8 Å². The summed E-state index contributed by atoms with van der Waals surface area (Å²) in [5, 5.41) is 14.4. The van der Waals surface area contributed by atoms with Gasteiger partial charge in [-0.05, 0) is 5.56 Å². The predicted octanol–water partition coefficient (Wildman–Crippen LogP) is -4.73. The average molecular weight is 370 g/mol. The molecule has 2 heterocycles. The van der Waals surface area contributed by atoms with Gasteiger partial charge in [-0.1, -0.05) is 30.3 Å². The molecular formula is C16H15N2NaO7. The monoisotopic (exact) mass is 370 g/mol. The van der Waals surface area contributed by atoms with Crippen LogP contribution in [0.25, 0.3) is 0 Å². The third-order valence-electron chi connectivity index (χ3n) is 4.01. The Morgan fingerprint density at radius 3 is 2.54 bits per heavy atom. The van der Waals surface area contributed by atoms with Crippen molar-refractivity contribution in [2.45, 2.75) is 31.0 Å². The van der Waals surface area contributed by atoms with E-state index in [2.05, 4.69) is 5.32 Å². The molecule has 10 heteroatoms. The van der Waals surface area contributed by atoms with Crippen LogP contribution in [0.4, 0.5) is 0 Å². The SMILES string of the molecule is O=C(Cc1ccccc1)N[C@@H]1CON(C2(C(=O)[O-])CCC(=O)O2)C1=O.[Na+]. The quantitative estimate of drug-likeness (QED) is 0.408. The van der Waals surface area contributed by atoms with Crippen molar-refractivity contribution >= 4 is 23.8 Å². The number of carbonyl (C=O) groups is 4. The second kappa shape index (κ2) is 8.17. The molecule has 3 rings (SSSR count). The van der Waals surface area contributed by atoms with Crippen LogP contribution >= 0.6 is 0 Å². The van der Waals surface area contributed by atoms with E-state index in [0.29, 0.717) is 5.06 Å². The van der Waals surface area contributed by atoms with Crippen LogP contribution < -0.4 is 40.0 Å². The minimum Gasteiger partial charge on any atom is -0.544 e. The van der Waals surface area contributed by atoms with Crippen molar-refractivity contribution in [2.24, 2.45) is 0 Å². The number of hydrogen-bond donors (Lipinski definition) is 1. The number of hydrogen-bond acceptors (Lipinski definition) is 7. The molecule has 0 spiro atoms. The van der Waals surface area contributed by atoms with Crippen molar-refractivity contribution in [3.8, 4) is 0 Å². The molecule has 0 radical (unpaired) electrons. The Bertz CT molecular complexity index is 727. The summed E-state index contributed by atoms with van der Waals surface area (Å²) >= 11 is 0. The average Bonchev–Trinajstić information content (AvgIpc) is 3.13. The number of benzene rings is 1. The summed E-state index contributed by atoms with van der Waals surface area (Å²) in [6.07, 6.45) is -0.387. The molecule has 2 saturated heterocycles. The number of carbonyl (C=O) groups excluding carboxylic acids is 4. The minimum atomic E-state index is -2.28. The number of cyclic esters (lactones) is 1. The van der Waals surface area contributed by atoms with Crippen molar-refractivity contribution in [3.63, 3.8) is 0 Å². The molecular weight excluding hydrogens is 355 g/mol. The first-order chi connectivity index (χ1) is 11.9. The number of ether oxygens (including phenoxy) is 1. The van der Waals surface area contributed by atoms with E-state index in [0.717, 1.165) is 5.56 Å². The van der Waals surface area contributed by atoms with Crippen LogP contribution in [0.3, 0.4) is 0 Å². The van der Waals surface area contributed by atoms with Gasteiger partial charge in [0.1, 0.15) is 18.6 Å². The zero-order valence-corrected chi connectivity index (χ0v) is 16.1. The number of carboxylic acids is 1. The molecule has 26 heavy (non-hydrogen) atoms. The van der Waals surface area contributed by atoms with Crippen molar-refractivity contribution in [1.82, 2.24) is 10.4 Å². The molecule has 0 aliphatic carbocycles. The number of rotatable bonds is 5. The maximum Gasteiger partial charge on any atom is 1.00 e. The second-order valence-electron chi connectivity index (χ2n) is 5.76. The number of aliphatic carboxylic acids is 1. The van der Waals surface area contributed by atoms with Crippen molar-refractivity contribution in [3.05, 3.63) is 35.9 Å². The first-order valence-electron chi connectivity index (χ1n) is 7.66. The number of nitrogens with one attached hydrogen (secondary N) is 1. The van der Waals surface area contributed by atoms with E-state index < -0.39 is 35.5 Å². The normalized spacial score (nSPS) is 24.8. The fourth-order valence-corrected chi connectivity index (χ4v) is 2.77. The number of nitrogens with zero attached hydrogens (tertiary/aromatic N) is 1. The summed E-state index contributed by atoms with van der Waals surface area (Å²) in [4.78, 5) is 52.3. The zero-order valence-electron chi connectivity index (χ0n) is 14.1. The topological polar surface area (TPSA) is 125 Å². The molecule has 2 aliphatic heterocycles. The molecule has 132 valence electrons. The fraction of sp³-hybridized carbons (Fsp3) is 0.375. The molecule has 0 bridgehead atoms. The molecule has 2 amide bonds. The van der Waals surface area contributed by atoms with Crippen LogP contribution in [-0.4, -0.2) is 47.2 Å². The molecule has 2 fully saturated rings. The molecule has 0 aromatic heterocycles. The van der Waals surface area contributed by atoms with Gasteiger partial charge in [0.2, 0.25) is 5.91 Å². The van der Waals surface area contributed by atoms with E-state index >= 15 is 0 Å². The van der Waals surface area contributed by atoms with Gasteiger partial charge in [0.25, 0.3) is 11.6 Å². The summed E-state index contributed by atoms with van der Waals surface area (Å²) in [5.74, 6) is -3.73. The largest absolute Gasteiger partial charge is 1.00 e. The fourth-order valence-electron chi connectivity index (χ4n) is 2.77. The van der Waals surface area contributed by atoms with Gasteiger partial charge in [0, 0.05) is 6.42 Å². The third kappa shape index (κ3) is 3.90.